The number of nitrogens with zero attached hydrogens (tertiary/aromatic N) is 1. The van der Waals surface area contributed by atoms with Crippen LogP contribution in [0.15, 0.2) is 24.3 Å². The van der Waals surface area contributed by atoms with Crippen molar-refractivity contribution in [3.8, 4) is 0 Å². The minimum atomic E-state index is -5.11. The third-order valence-corrected chi connectivity index (χ3v) is 2.19. The Balaban J connectivity index is 3.18. The number of alkyl halides is 3. The molecule has 0 aliphatic rings. The van der Waals surface area contributed by atoms with Crippen molar-refractivity contribution in [2.24, 2.45) is 0 Å². The minimum Gasteiger partial charge on any atom is -0.480 e. The van der Waals surface area contributed by atoms with Crippen molar-refractivity contribution < 1.29 is 27.9 Å². The van der Waals surface area contributed by atoms with E-state index in [0.29, 0.717) is 5.56 Å². The summed E-state index contributed by atoms with van der Waals surface area (Å²) < 4.78 is 37.1. The van der Waals surface area contributed by atoms with Crippen molar-refractivity contribution in [2.75, 3.05) is 11.4 Å². The van der Waals surface area contributed by atoms with Crippen molar-refractivity contribution in [3.05, 3.63) is 29.8 Å². The Morgan fingerprint density at radius 1 is 1.28 bits per heavy atom. The van der Waals surface area contributed by atoms with E-state index < -0.39 is 24.6 Å². The van der Waals surface area contributed by atoms with Gasteiger partial charge in [-0.1, -0.05) is 18.2 Å². The number of carbonyl (C=O) groups is 2. The second-order valence-electron chi connectivity index (χ2n) is 3.57. The predicted molar refractivity (Wildman–Crippen MR) is 57.2 cm³/mol. The van der Waals surface area contributed by atoms with Crippen molar-refractivity contribution in [1.29, 1.82) is 0 Å². The molecule has 0 aromatic heterocycles. The van der Waals surface area contributed by atoms with E-state index in [1.165, 1.54) is 25.1 Å². The van der Waals surface area contributed by atoms with Crippen LogP contribution in [0.2, 0.25) is 0 Å². The summed E-state index contributed by atoms with van der Waals surface area (Å²) in [5.74, 6) is -3.71. The molecule has 0 radical (unpaired) electrons. The summed E-state index contributed by atoms with van der Waals surface area (Å²) in [5.41, 5.74) is 0.318. The summed E-state index contributed by atoms with van der Waals surface area (Å²) >= 11 is 0. The van der Waals surface area contributed by atoms with Gasteiger partial charge in [0.2, 0.25) is 0 Å². The number of carboxylic acids is 1. The zero-order valence-electron chi connectivity index (χ0n) is 9.36. The van der Waals surface area contributed by atoms with Crippen LogP contribution in [-0.2, 0) is 9.59 Å². The number of benzene rings is 1. The average molecular weight is 261 g/mol. The van der Waals surface area contributed by atoms with Gasteiger partial charge < -0.3 is 5.11 Å². The number of aliphatic carboxylic acids is 1. The Morgan fingerprint density at radius 2 is 1.83 bits per heavy atom. The monoisotopic (exact) mass is 261 g/mol. The largest absolute Gasteiger partial charge is 0.480 e. The maximum absolute atomic E-state index is 12.4. The lowest BCUT2D eigenvalue weighted by atomic mass is 10.2. The number of carbonyl (C=O) groups excluding carboxylic acids is 1. The van der Waals surface area contributed by atoms with E-state index in [0.717, 1.165) is 0 Å². The number of aryl methyl sites for hydroxylation is 1. The molecule has 4 nitrogen and oxygen atoms in total. The maximum atomic E-state index is 12.4. The van der Waals surface area contributed by atoms with E-state index in [-0.39, 0.29) is 10.6 Å². The third-order valence-electron chi connectivity index (χ3n) is 2.19. The first-order valence-corrected chi connectivity index (χ1v) is 4.89. The lowest BCUT2D eigenvalue weighted by Crippen LogP contribution is -2.44. The Hall–Kier alpha value is -2.05. The Labute approximate surface area is 101 Å². The molecule has 0 heterocycles. The number of para-hydroxylation sites is 1. The molecule has 1 N–H and O–H groups in total. The topological polar surface area (TPSA) is 57.6 Å². The van der Waals surface area contributed by atoms with Crippen LogP contribution in [0.5, 0.6) is 0 Å². The molecule has 0 spiro atoms. The molecule has 0 saturated carbocycles. The first kappa shape index (κ1) is 14.0. The van der Waals surface area contributed by atoms with Gasteiger partial charge in [-0.05, 0) is 18.6 Å². The molecule has 0 saturated heterocycles. The lowest BCUT2D eigenvalue weighted by molar-refractivity contribution is -0.170. The van der Waals surface area contributed by atoms with Gasteiger partial charge in [0.05, 0.1) is 0 Å². The van der Waals surface area contributed by atoms with Gasteiger partial charge in [0, 0.05) is 5.69 Å². The number of anilines is 1. The van der Waals surface area contributed by atoms with Crippen LogP contribution >= 0.6 is 0 Å². The molecular weight excluding hydrogens is 251 g/mol. The van der Waals surface area contributed by atoms with Gasteiger partial charge in [0.25, 0.3) is 0 Å². The molecule has 18 heavy (non-hydrogen) atoms. The fourth-order valence-electron chi connectivity index (χ4n) is 1.42. The zero-order chi connectivity index (χ0) is 13.9. The van der Waals surface area contributed by atoms with Crippen molar-refractivity contribution in [3.63, 3.8) is 0 Å². The molecule has 1 amide bonds. The second-order valence-corrected chi connectivity index (χ2v) is 3.57. The summed E-state index contributed by atoms with van der Waals surface area (Å²) in [6.07, 6.45) is -5.11. The number of hydrogen-bond acceptors (Lipinski definition) is 2. The average Bonchev–Trinajstić information content (AvgIpc) is 2.24. The zero-order valence-corrected chi connectivity index (χ0v) is 9.36. The molecule has 98 valence electrons. The molecular formula is C11H10F3NO3. The summed E-state index contributed by atoms with van der Waals surface area (Å²) in [4.78, 5) is 22.0. The minimum absolute atomic E-state index is 0.0674. The predicted octanol–water partition coefficient (Wildman–Crippen LogP) is 1.97. The van der Waals surface area contributed by atoms with Crippen LogP contribution in [0, 0.1) is 6.92 Å². The Bertz CT molecular complexity index is 471. The summed E-state index contributed by atoms with van der Waals surface area (Å²) in [6, 6.07) is 5.77. The van der Waals surface area contributed by atoms with Crippen molar-refractivity contribution in [1.82, 2.24) is 0 Å². The number of rotatable bonds is 3. The van der Waals surface area contributed by atoms with Gasteiger partial charge in [-0.2, -0.15) is 13.2 Å². The maximum Gasteiger partial charge on any atom is 0.471 e. The van der Waals surface area contributed by atoms with Gasteiger partial charge in [-0.15, -0.1) is 0 Å². The Morgan fingerprint density at radius 3 is 2.28 bits per heavy atom. The lowest BCUT2D eigenvalue weighted by Gasteiger charge is -2.23. The molecule has 1 aromatic rings. The molecule has 0 bridgehead atoms. The normalized spacial score (nSPS) is 11.1. The summed E-state index contributed by atoms with van der Waals surface area (Å²) in [5, 5.41) is 8.59. The molecule has 0 aliphatic carbocycles. The van der Waals surface area contributed by atoms with Gasteiger partial charge >= 0.3 is 18.1 Å². The molecule has 1 rings (SSSR count). The quantitative estimate of drug-likeness (QED) is 0.905. The summed E-state index contributed by atoms with van der Waals surface area (Å²) in [6.45, 7) is 0.455. The molecule has 0 unspecified atom stereocenters. The SMILES string of the molecule is Cc1ccccc1N(CC(=O)O)C(=O)C(F)(F)F. The fourth-order valence-corrected chi connectivity index (χ4v) is 1.42. The second kappa shape index (κ2) is 5.07. The van der Waals surface area contributed by atoms with Crippen molar-refractivity contribution >= 4 is 17.6 Å². The molecule has 0 atom stereocenters. The number of halogens is 3. The highest BCUT2D eigenvalue weighted by Gasteiger charge is 2.43. The molecule has 0 fully saturated rings. The summed E-state index contributed by atoms with van der Waals surface area (Å²) in [7, 11) is 0. The first-order chi connectivity index (χ1) is 8.23. The van der Waals surface area contributed by atoms with E-state index >= 15 is 0 Å². The fraction of sp³-hybridized carbons (Fsp3) is 0.273. The van der Waals surface area contributed by atoms with E-state index in [2.05, 4.69) is 0 Å². The van der Waals surface area contributed by atoms with Crippen LogP contribution < -0.4 is 4.90 Å². The standard InChI is InChI=1S/C11H10F3NO3/c1-7-4-2-3-5-8(7)15(6-9(16)17)10(18)11(12,13)14/h2-5H,6H2,1H3,(H,16,17). The molecule has 1 aromatic carbocycles. The van der Waals surface area contributed by atoms with Crippen molar-refractivity contribution in [2.45, 2.75) is 13.1 Å². The van der Waals surface area contributed by atoms with Gasteiger partial charge in [0.1, 0.15) is 6.54 Å². The Kier molecular flexibility index (Phi) is 3.95. The van der Waals surface area contributed by atoms with Crippen LogP contribution in [0.25, 0.3) is 0 Å². The van der Waals surface area contributed by atoms with Gasteiger partial charge in [0.15, 0.2) is 0 Å². The highest BCUT2D eigenvalue weighted by Crippen LogP contribution is 2.25. The van der Waals surface area contributed by atoms with Crippen LogP contribution in [0.3, 0.4) is 0 Å². The van der Waals surface area contributed by atoms with E-state index in [4.69, 9.17) is 5.11 Å². The third kappa shape index (κ3) is 3.22. The highest BCUT2D eigenvalue weighted by atomic mass is 19.4. The molecule has 0 aliphatic heterocycles. The smallest absolute Gasteiger partial charge is 0.471 e. The van der Waals surface area contributed by atoms with Crippen LogP contribution in [0.1, 0.15) is 5.56 Å². The number of amides is 1. The molecule has 7 heteroatoms. The van der Waals surface area contributed by atoms with Gasteiger partial charge in [-0.3, -0.25) is 14.5 Å². The number of carboxylic acid groups (broad SMARTS) is 1. The number of hydrogen-bond donors (Lipinski definition) is 1. The van der Waals surface area contributed by atoms with Gasteiger partial charge in [-0.25, -0.2) is 0 Å². The van der Waals surface area contributed by atoms with E-state index in [1.54, 1.807) is 6.07 Å². The van der Waals surface area contributed by atoms with Crippen LogP contribution in [0.4, 0.5) is 18.9 Å². The first-order valence-electron chi connectivity index (χ1n) is 4.89. The van der Waals surface area contributed by atoms with E-state index in [9.17, 15) is 22.8 Å². The van der Waals surface area contributed by atoms with E-state index in [1.807, 2.05) is 0 Å². The highest BCUT2D eigenvalue weighted by molar-refractivity contribution is 6.01. The van der Waals surface area contributed by atoms with Crippen LogP contribution in [-0.4, -0.2) is 29.7 Å².